The minimum absolute atomic E-state index is 0.00317. The number of urea groups is 1. The van der Waals surface area contributed by atoms with Crippen LogP contribution in [0.1, 0.15) is 25.7 Å². The fourth-order valence-corrected chi connectivity index (χ4v) is 3.37. The molecule has 0 radical (unpaired) electrons. The summed E-state index contributed by atoms with van der Waals surface area (Å²) in [6.07, 6.45) is -2.10. The number of hydroxylamine groups is 3. The van der Waals surface area contributed by atoms with Crippen LogP contribution >= 0.6 is 0 Å². The Kier molecular flexibility index (Phi) is 5.25. The smallest absolute Gasteiger partial charge is 0.475 e. The summed E-state index contributed by atoms with van der Waals surface area (Å²) in [5, 5.41) is 12.0. The molecule has 3 fully saturated rings. The van der Waals surface area contributed by atoms with E-state index in [0.29, 0.717) is 5.06 Å². The van der Waals surface area contributed by atoms with E-state index in [0.717, 1.165) is 24.3 Å². The first-order valence-electron chi connectivity index (χ1n) is 8.35. The van der Waals surface area contributed by atoms with Gasteiger partial charge in [-0.05, 0) is 32.2 Å². The van der Waals surface area contributed by atoms with Crippen LogP contribution in [-0.4, -0.2) is 76.9 Å². The van der Waals surface area contributed by atoms with Gasteiger partial charge in [0.05, 0.1) is 12.6 Å². The van der Waals surface area contributed by atoms with Crippen molar-refractivity contribution in [3.63, 3.8) is 0 Å². The Morgan fingerprint density at radius 2 is 2.12 bits per heavy atom. The molecule has 3 aliphatic heterocycles. The summed E-state index contributed by atoms with van der Waals surface area (Å²) in [6.45, 7) is 1.18. The largest absolute Gasteiger partial charge is 0.476 e. The topological polar surface area (TPSA) is 120 Å². The van der Waals surface area contributed by atoms with Gasteiger partial charge in [0.2, 0.25) is 0 Å². The quantitative estimate of drug-likeness (QED) is 0.519. The predicted molar refractivity (Wildman–Crippen MR) is 79.5 cm³/mol. The Labute approximate surface area is 147 Å². The van der Waals surface area contributed by atoms with Gasteiger partial charge in [0.15, 0.2) is 0 Å². The van der Waals surface area contributed by atoms with E-state index >= 15 is 0 Å². The van der Waals surface area contributed by atoms with E-state index in [1.165, 1.54) is 0 Å². The van der Waals surface area contributed by atoms with Gasteiger partial charge in [-0.3, -0.25) is 9.63 Å². The first-order valence-corrected chi connectivity index (χ1v) is 8.35. The Morgan fingerprint density at radius 1 is 1.35 bits per heavy atom. The van der Waals surface area contributed by atoms with Gasteiger partial charge in [0.1, 0.15) is 6.04 Å². The SMILES string of the molecule is O=C(NOC[C@@H]1CCCN1)[C@@H]1CC[C@H]2CN1C(=O)N2OC(F)(F)C(=O)O. The van der Waals surface area contributed by atoms with Crippen molar-refractivity contribution >= 4 is 17.9 Å². The molecule has 2 bridgehead atoms. The average molecular weight is 378 g/mol. The van der Waals surface area contributed by atoms with Crippen molar-refractivity contribution in [1.82, 2.24) is 20.8 Å². The molecule has 0 aromatic rings. The summed E-state index contributed by atoms with van der Waals surface area (Å²) in [5.41, 5.74) is 2.29. The van der Waals surface area contributed by atoms with Gasteiger partial charge in [0.25, 0.3) is 5.91 Å². The fraction of sp³-hybridized carbons (Fsp3) is 0.786. The maximum absolute atomic E-state index is 13.3. The molecule has 12 heteroatoms. The number of nitrogens with zero attached hydrogens (tertiary/aromatic N) is 2. The number of carboxylic acid groups (broad SMARTS) is 1. The van der Waals surface area contributed by atoms with Gasteiger partial charge in [-0.15, -0.1) is 0 Å². The third-order valence-corrected chi connectivity index (χ3v) is 4.71. The normalized spacial score (nSPS) is 28.5. The van der Waals surface area contributed by atoms with Gasteiger partial charge in [-0.25, -0.2) is 15.1 Å². The lowest BCUT2D eigenvalue weighted by Gasteiger charge is -2.29. The zero-order valence-corrected chi connectivity index (χ0v) is 13.8. The number of hydrogen-bond acceptors (Lipinski definition) is 6. The van der Waals surface area contributed by atoms with Gasteiger partial charge >= 0.3 is 18.1 Å². The third-order valence-electron chi connectivity index (χ3n) is 4.71. The number of aliphatic carboxylic acids is 1. The molecule has 26 heavy (non-hydrogen) atoms. The number of nitrogens with one attached hydrogen (secondary N) is 2. The van der Waals surface area contributed by atoms with Crippen LogP contribution in [0.15, 0.2) is 0 Å². The first kappa shape index (κ1) is 18.7. The second kappa shape index (κ2) is 7.29. The van der Waals surface area contributed by atoms with Crippen LogP contribution in [0.3, 0.4) is 0 Å². The van der Waals surface area contributed by atoms with Crippen LogP contribution in [0.4, 0.5) is 13.6 Å². The molecule has 3 atom stereocenters. The van der Waals surface area contributed by atoms with Crippen molar-refractivity contribution in [3.8, 4) is 0 Å². The van der Waals surface area contributed by atoms with Gasteiger partial charge in [-0.2, -0.15) is 18.7 Å². The second-order valence-corrected chi connectivity index (χ2v) is 6.49. The predicted octanol–water partition coefficient (Wildman–Crippen LogP) is -0.336. The molecule has 0 saturated carbocycles. The summed E-state index contributed by atoms with van der Waals surface area (Å²) >= 11 is 0. The maximum Gasteiger partial charge on any atom is 0.476 e. The highest BCUT2D eigenvalue weighted by molar-refractivity contribution is 5.88. The zero-order valence-electron chi connectivity index (χ0n) is 13.8. The second-order valence-electron chi connectivity index (χ2n) is 6.49. The lowest BCUT2D eigenvalue weighted by Crippen LogP contribution is -2.50. The first-order chi connectivity index (χ1) is 12.3. The van der Waals surface area contributed by atoms with Gasteiger partial charge in [-0.1, -0.05) is 0 Å². The van der Waals surface area contributed by atoms with Gasteiger partial charge in [0, 0.05) is 12.6 Å². The van der Waals surface area contributed by atoms with Crippen molar-refractivity contribution in [1.29, 1.82) is 0 Å². The highest BCUT2D eigenvalue weighted by atomic mass is 19.3. The Hall–Kier alpha value is -2.05. The molecular weight excluding hydrogens is 358 g/mol. The number of fused-ring (bicyclic) bond motifs is 2. The average Bonchev–Trinajstić information content (AvgIpc) is 3.18. The molecule has 3 saturated heterocycles. The molecule has 3 heterocycles. The number of carbonyl (C=O) groups is 3. The number of carbonyl (C=O) groups excluding carboxylic acids is 2. The molecule has 0 aliphatic carbocycles. The molecule has 0 unspecified atom stereocenters. The molecule has 3 amide bonds. The number of hydrogen-bond donors (Lipinski definition) is 3. The molecule has 146 valence electrons. The highest BCUT2D eigenvalue weighted by Gasteiger charge is 2.53. The molecule has 3 N–H and O–H groups in total. The van der Waals surface area contributed by atoms with Crippen LogP contribution in [0.5, 0.6) is 0 Å². The molecule has 0 aromatic heterocycles. The maximum atomic E-state index is 13.3. The summed E-state index contributed by atoms with van der Waals surface area (Å²) < 4.78 is 26.5. The molecule has 0 aromatic carbocycles. The number of piperidine rings is 1. The number of carboxylic acids is 1. The summed E-state index contributed by atoms with van der Waals surface area (Å²) in [7, 11) is 0. The molecule has 0 spiro atoms. The van der Waals surface area contributed by atoms with E-state index in [2.05, 4.69) is 15.6 Å². The summed E-state index contributed by atoms with van der Waals surface area (Å²) in [6, 6.07) is -2.43. The van der Waals surface area contributed by atoms with Crippen LogP contribution in [0.2, 0.25) is 0 Å². The zero-order chi connectivity index (χ0) is 18.9. The summed E-state index contributed by atoms with van der Waals surface area (Å²) in [5.74, 6) is -3.05. The number of rotatable bonds is 7. The fourth-order valence-electron chi connectivity index (χ4n) is 3.37. The summed E-state index contributed by atoms with van der Waals surface area (Å²) in [4.78, 5) is 45.4. The van der Waals surface area contributed by atoms with Crippen molar-refractivity contribution in [3.05, 3.63) is 0 Å². The Balaban J connectivity index is 1.55. The lowest BCUT2D eigenvalue weighted by atomic mass is 10.0. The van der Waals surface area contributed by atoms with E-state index in [1.807, 2.05) is 0 Å². The van der Waals surface area contributed by atoms with E-state index in [9.17, 15) is 23.2 Å². The molecule has 3 rings (SSSR count). The van der Waals surface area contributed by atoms with Gasteiger partial charge < -0.3 is 15.3 Å². The third kappa shape index (κ3) is 3.71. The van der Waals surface area contributed by atoms with E-state index in [1.54, 1.807) is 0 Å². The standard InChI is InChI=1S/C14H20F2N4O6/c15-14(16,12(22)23)26-20-9-3-4-10(19(6-9)13(20)24)11(21)18-25-7-8-2-1-5-17-8/h8-10,17H,1-7H2,(H,18,21)(H,22,23)/t8-,9-,10-/m0/s1. The minimum atomic E-state index is -4.52. The highest BCUT2D eigenvalue weighted by Crippen LogP contribution is 2.33. The monoisotopic (exact) mass is 378 g/mol. The number of amides is 3. The molecule has 10 nitrogen and oxygen atoms in total. The van der Waals surface area contributed by atoms with E-state index < -0.39 is 36.1 Å². The van der Waals surface area contributed by atoms with Crippen molar-refractivity contribution in [2.24, 2.45) is 0 Å². The van der Waals surface area contributed by atoms with Crippen LogP contribution < -0.4 is 10.8 Å². The van der Waals surface area contributed by atoms with Crippen molar-refractivity contribution in [2.45, 2.75) is 49.9 Å². The molecule has 3 aliphatic rings. The number of alkyl halides is 2. The van der Waals surface area contributed by atoms with E-state index in [-0.39, 0.29) is 32.0 Å². The van der Waals surface area contributed by atoms with Crippen molar-refractivity contribution < 1.29 is 37.9 Å². The van der Waals surface area contributed by atoms with Crippen LogP contribution in [-0.2, 0) is 19.3 Å². The van der Waals surface area contributed by atoms with Crippen molar-refractivity contribution in [2.75, 3.05) is 19.7 Å². The minimum Gasteiger partial charge on any atom is -0.475 e. The lowest BCUT2D eigenvalue weighted by molar-refractivity contribution is -0.327. The van der Waals surface area contributed by atoms with Crippen LogP contribution in [0.25, 0.3) is 0 Å². The Bertz CT molecular complexity index is 586. The Morgan fingerprint density at radius 3 is 2.77 bits per heavy atom. The van der Waals surface area contributed by atoms with E-state index in [4.69, 9.17) is 9.94 Å². The molecular formula is C14H20F2N4O6. The van der Waals surface area contributed by atoms with Crippen LogP contribution in [0, 0.1) is 0 Å². The number of halogens is 2.